The fraction of sp³-hybridized carbons (Fsp3) is 0.632. The van der Waals surface area contributed by atoms with E-state index in [2.05, 4.69) is 15.2 Å². The van der Waals surface area contributed by atoms with E-state index in [-0.39, 0.29) is 36.2 Å². The number of carbonyl (C=O) groups is 1. The second kappa shape index (κ2) is 12.6. The topological polar surface area (TPSA) is 79.3 Å². The van der Waals surface area contributed by atoms with E-state index in [1.54, 1.807) is 11.1 Å². The zero-order chi connectivity index (χ0) is 19.6. The number of hydrogen-bond acceptors (Lipinski definition) is 5. The number of pyridine rings is 1. The first-order valence-electron chi connectivity index (χ1n) is 9.60. The summed E-state index contributed by atoms with van der Waals surface area (Å²) in [6.07, 6.45) is 1.66. The monoisotopic (exact) mass is 505 g/mol. The number of aliphatic imine (C=N–C) groups is 1. The molecule has 1 fully saturated rings. The summed E-state index contributed by atoms with van der Waals surface area (Å²) in [6, 6.07) is 3.85. The molecule has 0 spiro atoms. The second-order valence-corrected chi connectivity index (χ2v) is 6.51. The number of halogens is 1. The number of aromatic nitrogens is 1. The van der Waals surface area contributed by atoms with Gasteiger partial charge in [-0.05, 0) is 33.3 Å². The molecule has 1 aromatic rings. The van der Waals surface area contributed by atoms with Crippen LogP contribution in [-0.2, 0) is 11.3 Å². The first-order chi connectivity index (χ1) is 13.0. The Morgan fingerprint density at radius 2 is 1.89 bits per heavy atom. The number of hydrogen-bond donors (Lipinski definition) is 1. The molecule has 158 valence electrons. The van der Waals surface area contributed by atoms with Crippen molar-refractivity contribution in [1.82, 2.24) is 20.1 Å². The van der Waals surface area contributed by atoms with E-state index in [0.29, 0.717) is 32.1 Å². The number of nitrogens with one attached hydrogen (secondary N) is 1. The highest BCUT2D eigenvalue weighted by atomic mass is 127. The normalized spacial score (nSPS) is 14.5. The van der Waals surface area contributed by atoms with Crippen molar-refractivity contribution in [2.45, 2.75) is 40.3 Å². The number of guanidine groups is 1. The number of ether oxygens (including phenoxy) is 2. The summed E-state index contributed by atoms with van der Waals surface area (Å²) >= 11 is 0. The Hall–Kier alpha value is -1.78. The molecule has 1 N–H and O–H groups in total. The van der Waals surface area contributed by atoms with E-state index >= 15 is 0 Å². The molecule has 0 aromatic carbocycles. The molecule has 1 aliphatic rings. The lowest BCUT2D eigenvalue weighted by Crippen LogP contribution is -2.53. The predicted molar refractivity (Wildman–Crippen MR) is 120 cm³/mol. The molecular weight excluding hydrogens is 473 g/mol. The van der Waals surface area contributed by atoms with Crippen molar-refractivity contribution < 1.29 is 14.3 Å². The van der Waals surface area contributed by atoms with Crippen LogP contribution in [0.15, 0.2) is 23.3 Å². The Balaban J connectivity index is 0.00000392. The minimum atomic E-state index is -0.242. The van der Waals surface area contributed by atoms with Crippen LogP contribution in [0.3, 0.4) is 0 Å². The zero-order valence-electron chi connectivity index (χ0n) is 17.2. The van der Waals surface area contributed by atoms with Crippen molar-refractivity contribution >= 4 is 36.0 Å². The number of rotatable bonds is 6. The van der Waals surface area contributed by atoms with Gasteiger partial charge in [0, 0.05) is 45.0 Å². The van der Waals surface area contributed by atoms with Gasteiger partial charge in [0.1, 0.15) is 0 Å². The maximum absolute atomic E-state index is 11.8. The standard InChI is InChI=1S/C19H31N5O3.HI/c1-5-20-18(23-9-11-24(12-10-23)19(25)26-6-2)22-14-16-7-8-17(21-13-16)27-15(3)4;/h7-8,13,15H,5-6,9-12,14H2,1-4H3,(H,20,22);1H. The lowest BCUT2D eigenvalue weighted by atomic mass is 10.3. The molecule has 2 rings (SSSR count). The van der Waals surface area contributed by atoms with E-state index in [4.69, 9.17) is 14.5 Å². The van der Waals surface area contributed by atoms with Crippen molar-refractivity contribution in [2.24, 2.45) is 4.99 Å². The smallest absolute Gasteiger partial charge is 0.409 e. The first kappa shape index (κ1) is 24.3. The number of nitrogens with zero attached hydrogens (tertiary/aromatic N) is 4. The summed E-state index contributed by atoms with van der Waals surface area (Å²) in [5, 5.41) is 3.33. The lowest BCUT2D eigenvalue weighted by Gasteiger charge is -2.35. The van der Waals surface area contributed by atoms with Crippen LogP contribution in [0.1, 0.15) is 33.3 Å². The van der Waals surface area contributed by atoms with Crippen LogP contribution < -0.4 is 10.1 Å². The third-order valence-electron chi connectivity index (χ3n) is 4.01. The van der Waals surface area contributed by atoms with E-state index in [9.17, 15) is 4.79 Å². The molecule has 0 saturated carbocycles. The summed E-state index contributed by atoms with van der Waals surface area (Å²) in [4.78, 5) is 24.8. The molecule has 0 atom stereocenters. The molecule has 8 nitrogen and oxygen atoms in total. The Morgan fingerprint density at radius 3 is 2.43 bits per heavy atom. The lowest BCUT2D eigenvalue weighted by molar-refractivity contribution is 0.0914. The molecule has 2 heterocycles. The zero-order valence-corrected chi connectivity index (χ0v) is 19.5. The van der Waals surface area contributed by atoms with Gasteiger partial charge in [0.05, 0.1) is 19.3 Å². The predicted octanol–water partition coefficient (Wildman–Crippen LogP) is 2.73. The van der Waals surface area contributed by atoms with Gasteiger partial charge in [-0.25, -0.2) is 14.8 Å². The van der Waals surface area contributed by atoms with E-state index in [1.807, 2.05) is 39.8 Å². The van der Waals surface area contributed by atoms with Gasteiger partial charge in [-0.2, -0.15) is 0 Å². The molecular formula is C19H32IN5O3. The van der Waals surface area contributed by atoms with E-state index in [1.165, 1.54) is 0 Å². The third kappa shape index (κ3) is 7.69. The third-order valence-corrected chi connectivity index (χ3v) is 4.01. The van der Waals surface area contributed by atoms with Gasteiger partial charge in [-0.3, -0.25) is 0 Å². The van der Waals surface area contributed by atoms with Crippen LogP contribution in [-0.4, -0.2) is 72.3 Å². The minimum Gasteiger partial charge on any atom is -0.475 e. The molecule has 0 bridgehead atoms. The average molecular weight is 505 g/mol. The van der Waals surface area contributed by atoms with Gasteiger partial charge in [0.25, 0.3) is 0 Å². The van der Waals surface area contributed by atoms with Gasteiger partial charge < -0.3 is 24.6 Å². The van der Waals surface area contributed by atoms with Gasteiger partial charge in [-0.15, -0.1) is 24.0 Å². The van der Waals surface area contributed by atoms with Crippen molar-refractivity contribution in [3.63, 3.8) is 0 Å². The first-order valence-corrected chi connectivity index (χ1v) is 9.60. The quantitative estimate of drug-likeness (QED) is 0.364. The molecule has 1 saturated heterocycles. The number of amides is 1. The van der Waals surface area contributed by atoms with E-state index in [0.717, 1.165) is 31.2 Å². The van der Waals surface area contributed by atoms with Gasteiger partial charge in [-0.1, -0.05) is 6.07 Å². The van der Waals surface area contributed by atoms with Crippen LogP contribution in [0, 0.1) is 0 Å². The molecule has 1 aliphatic heterocycles. The Kier molecular flexibility index (Phi) is 10.9. The van der Waals surface area contributed by atoms with Gasteiger partial charge in [0.2, 0.25) is 5.88 Å². The number of carbonyl (C=O) groups excluding carboxylic acids is 1. The molecule has 28 heavy (non-hydrogen) atoms. The maximum atomic E-state index is 11.8. The fourth-order valence-electron chi connectivity index (χ4n) is 2.72. The van der Waals surface area contributed by atoms with E-state index < -0.39 is 0 Å². The highest BCUT2D eigenvalue weighted by molar-refractivity contribution is 14.0. The van der Waals surface area contributed by atoms with Crippen LogP contribution in [0.25, 0.3) is 0 Å². The molecule has 1 amide bonds. The molecule has 0 unspecified atom stereocenters. The maximum Gasteiger partial charge on any atom is 0.409 e. The highest BCUT2D eigenvalue weighted by Crippen LogP contribution is 2.11. The Bertz CT molecular complexity index is 617. The largest absolute Gasteiger partial charge is 0.475 e. The Morgan fingerprint density at radius 1 is 1.21 bits per heavy atom. The molecule has 9 heteroatoms. The van der Waals surface area contributed by atoms with Crippen molar-refractivity contribution in [3.8, 4) is 5.88 Å². The van der Waals surface area contributed by atoms with Crippen molar-refractivity contribution in [1.29, 1.82) is 0 Å². The molecule has 0 radical (unpaired) electrons. The summed E-state index contributed by atoms with van der Waals surface area (Å²) in [5.74, 6) is 1.48. The minimum absolute atomic E-state index is 0. The van der Waals surface area contributed by atoms with Crippen LogP contribution in [0.4, 0.5) is 4.79 Å². The SMILES string of the molecule is CCNC(=NCc1ccc(OC(C)C)nc1)N1CCN(C(=O)OCC)CC1.I. The van der Waals surface area contributed by atoms with Crippen molar-refractivity contribution in [3.05, 3.63) is 23.9 Å². The molecule has 0 aliphatic carbocycles. The Labute approximate surface area is 184 Å². The molecule has 1 aromatic heterocycles. The van der Waals surface area contributed by atoms with Crippen molar-refractivity contribution in [2.75, 3.05) is 39.3 Å². The summed E-state index contributed by atoms with van der Waals surface area (Å²) in [7, 11) is 0. The summed E-state index contributed by atoms with van der Waals surface area (Å²) in [5.41, 5.74) is 1.02. The van der Waals surface area contributed by atoms with Gasteiger partial charge in [0.15, 0.2) is 5.96 Å². The van der Waals surface area contributed by atoms with Crippen LogP contribution in [0.5, 0.6) is 5.88 Å². The van der Waals surface area contributed by atoms with Crippen LogP contribution >= 0.6 is 24.0 Å². The highest BCUT2D eigenvalue weighted by Gasteiger charge is 2.23. The van der Waals surface area contributed by atoms with Crippen LogP contribution in [0.2, 0.25) is 0 Å². The number of piperazine rings is 1. The fourth-order valence-corrected chi connectivity index (χ4v) is 2.72. The summed E-state index contributed by atoms with van der Waals surface area (Å²) in [6.45, 7) is 12.3. The second-order valence-electron chi connectivity index (χ2n) is 6.51. The summed E-state index contributed by atoms with van der Waals surface area (Å²) < 4.78 is 10.6. The van der Waals surface area contributed by atoms with Gasteiger partial charge >= 0.3 is 6.09 Å². The average Bonchev–Trinajstić information content (AvgIpc) is 2.66.